The Hall–Kier alpha value is -0.830. The topological polar surface area (TPSA) is 34.9 Å². The Morgan fingerprint density at radius 2 is 2.12 bits per heavy atom. The van der Waals surface area contributed by atoms with Gasteiger partial charge in [-0.1, -0.05) is 31.9 Å². The van der Waals surface area contributed by atoms with Gasteiger partial charge in [0.15, 0.2) is 5.78 Å². The molecule has 0 radical (unpaired) electrons. The summed E-state index contributed by atoms with van der Waals surface area (Å²) in [5.74, 6) is 0.106. The lowest BCUT2D eigenvalue weighted by Gasteiger charge is -2.14. The Balaban J connectivity index is 3.02. The molecule has 0 bridgehead atoms. The number of nitrogens with zero attached hydrogens (tertiary/aromatic N) is 2. The minimum Gasteiger partial charge on any atom is -0.292 e. The summed E-state index contributed by atoms with van der Waals surface area (Å²) in [5.41, 5.74) is 0.553. The summed E-state index contributed by atoms with van der Waals surface area (Å²) in [6.07, 6.45) is 3.44. The molecule has 0 aromatic carbocycles. The summed E-state index contributed by atoms with van der Waals surface area (Å²) in [5, 5.41) is 4.60. The molecule has 16 heavy (non-hydrogen) atoms. The second kappa shape index (κ2) is 5.48. The molecular weight excluding hydrogens is 224 g/mol. The van der Waals surface area contributed by atoms with Gasteiger partial charge in [-0.2, -0.15) is 5.10 Å². The second-order valence-electron chi connectivity index (χ2n) is 4.43. The predicted octanol–water partition coefficient (Wildman–Crippen LogP) is 3.74. The first kappa shape index (κ1) is 13.2. The lowest BCUT2D eigenvalue weighted by atomic mass is 9.98. The highest BCUT2D eigenvalue weighted by atomic mass is 35.5. The van der Waals surface area contributed by atoms with Crippen LogP contribution in [0, 0.1) is 5.92 Å². The Kier molecular flexibility index (Phi) is 4.54. The zero-order valence-electron chi connectivity index (χ0n) is 10.3. The Labute approximate surface area is 102 Å². The quantitative estimate of drug-likeness (QED) is 0.738. The monoisotopic (exact) mass is 242 g/mol. The van der Waals surface area contributed by atoms with Gasteiger partial charge >= 0.3 is 0 Å². The number of hydrogen-bond donors (Lipinski definition) is 0. The normalized spacial score (nSPS) is 13.1. The smallest absolute Gasteiger partial charge is 0.185 e. The van der Waals surface area contributed by atoms with Crippen molar-refractivity contribution in [3.05, 3.63) is 16.9 Å². The molecule has 90 valence electrons. The lowest BCUT2D eigenvalue weighted by molar-refractivity contribution is 0.0911. The maximum Gasteiger partial charge on any atom is 0.185 e. The van der Waals surface area contributed by atoms with Gasteiger partial charge < -0.3 is 0 Å². The van der Waals surface area contributed by atoms with Crippen LogP contribution in [0.4, 0.5) is 0 Å². The molecular formula is C12H19ClN2O. The zero-order chi connectivity index (χ0) is 12.3. The molecule has 3 nitrogen and oxygen atoms in total. The Morgan fingerprint density at radius 3 is 2.62 bits per heavy atom. The molecule has 0 aliphatic heterocycles. The minimum atomic E-state index is 0.0108. The van der Waals surface area contributed by atoms with Crippen LogP contribution in [0.3, 0.4) is 0 Å². The SMILES string of the molecule is CCCC(C)C(=O)c1c(Cl)cnn1C(C)C. The van der Waals surface area contributed by atoms with Crippen LogP contribution in [-0.2, 0) is 0 Å². The highest BCUT2D eigenvalue weighted by Crippen LogP contribution is 2.23. The highest BCUT2D eigenvalue weighted by Gasteiger charge is 2.23. The van der Waals surface area contributed by atoms with Crippen molar-refractivity contribution in [1.82, 2.24) is 9.78 Å². The standard InChI is InChI=1S/C12H19ClN2O/c1-5-6-9(4)12(16)11-10(13)7-14-15(11)8(2)3/h7-9H,5-6H2,1-4H3. The average molecular weight is 243 g/mol. The average Bonchev–Trinajstić information content (AvgIpc) is 2.59. The van der Waals surface area contributed by atoms with Gasteiger partial charge in [-0.25, -0.2) is 0 Å². The van der Waals surface area contributed by atoms with E-state index < -0.39 is 0 Å². The van der Waals surface area contributed by atoms with Crippen LogP contribution in [0.2, 0.25) is 5.02 Å². The van der Waals surface area contributed by atoms with Crippen LogP contribution in [0.25, 0.3) is 0 Å². The van der Waals surface area contributed by atoms with E-state index in [1.165, 1.54) is 0 Å². The lowest BCUT2D eigenvalue weighted by Crippen LogP contribution is -2.18. The predicted molar refractivity (Wildman–Crippen MR) is 66.0 cm³/mol. The molecule has 1 unspecified atom stereocenters. The number of Topliss-reactive ketones (excluding diaryl/α,β-unsaturated/α-hetero) is 1. The van der Waals surface area contributed by atoms with Crippen LogP contribution >= 0.6 is 11.6 Å². The third-order valence-electron chi connectivity index (χ3n) is 2.64. The van der Waals surface area contributed by atoms with Crippen molar-refractivity contribution in [1.29, 1.82) is 0 Å². The Bertz CT molecular complexity index is 371. The molecule has 0 aliphatic carbocycles. The van der Waals surface area contributed by atoms with E-state index in [0.717, 1.165) is 12.8 Å². The first-order valence-electron chi connectivity index (χ1n) is 5.76. The fraction of sp³-hybridized carbons (Fsp3) is 0.667. The van der Waals surface area contributed by atoms with Gasteiger partial charge in [0.2, 0.25) is 0 Å². The van der Waals surface area contributed by atoms with E-state index in [-0.39, 0.29) is 17.7 Å². The zero-order valence-corrected chi connectivity index (χ0v) is 11.1. The number of hydrogen-bond acceptors (Lipinski definition) is 2. The van der Waals surface area contributed by atoms with E-state index in [1.807, 2.05) is 20.8 Å². The van der Waals surface area contributed by atoms with Crippen LogP contribution in [0.1, 0.15) is 57.1 Å². The number of rotatable bonds is 5. The summed E-state index contributed by atoms with van der Waals surface area (Å²) in [4.78, 5) is 12.2. The molecule has 1 heterocycles. The maximum atomic E-state index is 12.2. The summed E-state index contributed by atoms with van der Waals surface area (Å²) < 4.78 is 1.71. The molecule has 1 aromatic heterocycles. The molecule has 0 saturated heterocycles. The molecule has 0 fully saturated rings. The third-order valence-corrected chi connectivity index (χ3v) is 2.92. The molecule has 0 amide bonds. The van der Waals surface area contributed by atoms with Crippen LogP contribution in [-0.4, -0.2) is 15.6 Å². The summed E-state index contributed by atoms with van der Waals surface area (Å²) in [6.45, 7) is 8.00. The van der Waals surface area contributed by atoms with Crippen molar-refractivity contribution in [2.75, 3.05) is 0 Å². The first-order valence-corrected chi connectivity index (χ1v) is 6.14. The minimum absolute atomic E-state index is 0.0108. The molecule has 0 spiro atoms. The molecule has 0 saturated carbocycles. The van der Waals surface area contributed by atoms with E-state index in [9.17, 15) is 4.79 Å². The molecule has 1 aromatic rings. The van der Waals surface area contributed by atoms with E-state index in [0.29, 0.717) is 10.7 Å². The number of carbonyl (C=O) groups excluding carboxylic acids is 1. The van der Waals surface area contributed by atoms with Gasteiger partial charge in [-0.15, -0.1) is 0 Å². The Morgan fingerprint density at radius 1 is 1.50 bits per heavy atom. The summed E-state index contributed by atoms with van der Waals surface area (Å²) >= 11 is 6.02. The van der Waals surface area contributed by atoms with Gasteiger partial charge in [-0.3, -0.25) is 9.48 Å². The molecule has 4 heteroatoms. The van der Waals surface area contributed by atoms with Crippen LogP contribution in [0.5, 0.6) is 0 Å². The van der Waals surface area contributed by atoms with Gasteiger partial charge in [0.05, 0.1) is 11.2 Å². The van der Waals surface area contributed by atoms with Crippen molar-refractivity contribution in [3.8, 4) is 0 Å². The molecule has 0 N–H and O–H groups in total. The molecule has 0 aliphatic rings. The maximum absolute atomic E-state index is 12.2. The summed E-state index contributed by atoms with van der Waals surface area (Å²) in [7, 11) is 0. The fourth-order valence-electron chi connectivity index (χ4n) is 1.76. The third kappa shape index (κ3) is 2.64. The van der Waals surface area contributed by atoms with E-state index >= 15 is 0 Å². The number of aromatic nitrogens is 2. The number of ketones is 1. The fourth-order valence-corrected chi connectivity index (χ4v) is 1.98. The summed E-state index contributed by atoms with van der Waals surface area (Å²) in [6, 6.07) is 0.153. The van der Waals surface area contributed by atoms with Crippen molar-refractivity contribution in [2.24, 2.45) is 5.92 Å². The second-order valence-corrected chi connectivity index (χ2v) is 4.84. The molecule has 1 rings (SSSR count). The van der Waals surface area contributed by atoms with Crippen LogP contribution < -0.4 is 0 Å². The molecule has 1 atom stereocenters. The van der Waals surface area contributed by atoms with Crippen molar-refractivity contribution in [2.45, 2.75) is 46.6 Å². The first-order chi connectivity index (χ1) is 7.49. The van der Waals surface area contributed by atoms with E-state index in [4.69, 9.17) is 11.6 Å². The van der Waals surface area contributed by atoms with Crippen molar-refractivity contribution in [3.63, 3.8) is 0 Å². The number of halogens is 1. The van der Waals surface area contributed by atoms with E-state index in [1.54, 1.807) is 10.9 Å². The van der Waals surface area contributed by atoms with Gasteiger partial charge in [-0.05, 0) is 20.3 Å². The van der Waals surface area contributed by atoms with Gasteiger partial charge in [0.25, 0.3) is 0 Å². The number of carbonyl (C=O) groups is 1. The van der Waals surface area contributed by atoms with Crippen molar-refractivity contribution >= 4 is 17.4 Å². The van der Waals surface area contributed by atoms with Gasteiger partial charge in [0.1, 0.15) is 5.69 Å². The van der Waals surface area contributed by atoms with Crippen LogP contribution in [0.15, 0.2) is 6.20 Å². The van der Waals surface area contributed by atoms with Crippen molar-refractivity contribution < 1.29 is 4.79 Å². The highest BCUT2D eigenvalue weighted by molar-refractivity contribution is 6.33. The van der Waals surface area contributed by atoms with Gasteiger partial charge in [0, 0.05) is 12.0 Å². The van der Waals surface area contributed by atoms with E-state index in [2.05, 4.69) is 12.0 Å². The largest absolute Gasteiger partial charge is 0.292 e.